The van der Waals surface area contributed by atoms with Crippen molar-refractivity contribution in [2.45, 2.75) is 6.04 Å². The smallest absolute Gasteiger partial charge is 0.242 e. The number of carbonyl (C=O) groups excluding carboxylic acids is 1. The highest BCUT2D eigenvalue weighted by Crippen LogP contribution is 2.26. The minimum atomic E-state index is -0.472. The third-order valence-electron chi connectivity index (χ3n) is 3.15. The summed E-state index contributed by atoms with van der Waals surface area (Å²) in [7, 11) is 0. The molecule has 1 saturated heterocycles. The zero-order valence-electron chi connectivity index (χ0n) is 10.7. The quantitative estimate of drug-likeness (QED) is 0.908. The second-order valence-electron chi connectivity index (χ2n) is 4.45. The van der Waals surface area contributed by atoms with Gasteiger partial charge in [-0.05, 0) is 0 Å². The molecule has 1 amide bonds. The van der Waals surface area contributed by atoms with Gasteiger partial charge in [-0.15, -0.1) is 0 Å². The van der Waals surface area contributed by atoms with Crippen molar-refractivity contribution in [2.75, 3.05) is 24.7 Å². The van der Waals surface area contributed by atoms with Crippen LogP contribution in [-0.2, 0) is 9.53 Å². The number of carbonyl (C=O) groups is 1. The predicted molar refractivity (Wildman–Crippen MR) is 76.5 cm³/mol. The second kappa shape index (κ2) is 5.56. The standard InChI is InChI=1S/C13H14N4O2S/c14-11(18)10-8-19-7-6-17(10)13-15-12(16-20-13)9-4-2-1-3-5-9/h1-5,10H,6-8H2,(H2,14,18). The van der Waals surface area contributed by atoms with Gasteiger partial charge in [-0.2, -0.15) is 9.36 Å². The molecule has 1 fully saturated rings. The average molecular weight is 290 g/mol. The highest BCUT2D eigenvalue weighted by Gasteiger charge is 2.30. The minimum absolute atomic E-state index is 0.301. The highest BCUT2D eigenvalue weighted by atomic mass is 32.1. The van der Waals surface area contributed by atoms with Crippen LogP contribution in [0.5, 0.6) is 0 Å². The monoisotopic (exact) mass is 290 g/mol. The van der Waals surface area contributed by atoms with Crippen LogP contribution >= 0.6 is 11.5 Å². The summed E-state index contributed by atoms with van der Waals surface area (Å²) in [5.41, 5.74) is 6.37. The van der Waals surface area contributed by atoms with Crippen molar-refractivity contribution in [1.29, 1.82) is 0 Å². The molecular weight excluding hydrogens is 276 g/mol. The van der Waals surface area contributed by atoms with Gasteiger partial charge in [0.15, 0.2) is 5.82 Å². The molecule has 0 spiro atoms. The lowest BCUT2D eigenvalue weighted by molar-refractivity contribution is -0.121. The number of anilines is 1. The zero-order valence-corrected chi connectivity index (χ0v) is 11.5. The number of hydrogen-bond donors (Lipinski definition) is 1. The van der Waals surface area contributed by atoms with E-state index in [2.05, 4.69) is 9.36 Å². The molecule has 6 nitrogen and oxygen atoms in total. The number of hydrogen-bond acceptors (Lipinski definition) is 6. The van der Waals surface area contributed by atoms with Crippen LogP contribution in [0, 0.1) is 0 Å². The Bertz CT molecular complexity index is 601. The first-order valence-electron chi connectivity index (χ1n) is 6.28. The number of amides is 1. The molecule has 0 aliphatic carbocycles. The second-order valence-corrected chi connectivity index (χ2v) is 5.18. The van der Waals surface area contributed by atoms with Gasteiger partial charge in [-0.3, -0.25) is 4.79 Å². The molecule has 0 saturated carbocycles. The van der Waals surface area contributed by atoms with E-state index in [1.54, 1.807) is 0 Å². The van der Waals surface area contributed by atoms with Crippen LogP contribution < -0.4 is 10.6 Å². The van der Waals surface area contributed by atoms with E-state index in [0.29, 0.717) is 30.7 Å². The largest absolute Gasteiger partial charge is 0.377 e. The Hall–Kier alpha value is -1.99. The average Bonchev–Trinajstić information content (AvgIpc) is 2.98. The Morgan fingerprint density at radius 3 is 2.95 bits per heavy atom. The minimum Gasteiger partial charge on any atom is -0.377 e. The fourth-order valence-corrected chi connectivity index (χ4v) is 2.87. The molecule has 2 heterocycles. The Morgan fingerprint density at radius 1 is 1.40 bits per heavy atom. The molecule has 2 aromatic rings. The SMILES string of the molecule is NC(=O)C1COCCN1c1nc(-c2ccccc2)ns1. The van der Waals surface area contributed by atoms with Crippen molar-refractivity contribution >= 4 is 22.6 Å². The van der Waals surface area contributed by atoms with Gasteiger partial charge in [0.1, 0.15) is 6.04 Å². The first-order chi connectivity index (χ1) is 9.75. The lowest BCUT2D eigenvalue weighted by atomic mass is 10.2. The van der Waals surface area contributed by atoms with E-state index < -0.39 is 11.9 Å². The maximum Gasteiger partial charge on any atom is 0.242 e. The summed E-state index contributed by atoms with van der Waals surface area (Å²) >= 11 is 1.27. The summed E-state index contributed by atoms with van der Waals surface area (Å²) < 4.78 is 9.65. The molecule has 1 aromatic carbocycles. The van der Waals surface area contributed by atoms with Gasteiger partial charge in [0.2, 0.25) is 11.0 Å². The molecule has 0 bridgehead atoms. The van der Waals surface area contributed by atoms with Crippen molar-refractivity contribution in [1.82, 2.24) is 9.36 Å². The Balaban J connectivity index is 1.87. The van der Waals surface area contributed by atoms with Gasteiger partial charge in [0, 0.05) is 23.6 Å². The summed E-state index contributed by atoms with van der Waals surface area (Å²) in [4.78, 5) is 17.8. The molecule has 20 heavy (non-hydrogen) atoms. The van der Waals surface area contributed by atoms with Crippen molar-refractivity contribution < 1.29 is 9.53 Å². The molecular formula is C13H14N4O2S. The molecule has 0 radical (unpaired) electrons. The summed E-state index contributed by atoms with van der Waals surface area (Å²) in [6.45, 7) is 1.46. The van der Waals surface area contributed by atoms with Crippen molar-refractivity contribution in [3.8, 4) is 11.4 Å². The Labute approximate surface area is 120 Å². The van der Waals surface area contributed by atoms with Crippen LogP contribution in [0.4, 0.5) is 5.13 Å². The summed E-state index contributed by atoms with van der Waals surface area (Å²) in [6, 6.07) is 9.27. The fourth-order valence-electron chi connectivity index (χ4n) is 2.10. The molecule has 3 rings (SSSR count). The van der Waals surface area contributed by atoms with Crippen LogP contribution in [0.15, 0.2) is 30.3 Å². The van der Waals surface area contributed by atoms with Crippen LogP contribution in [0.2, 0.25) is 0 Å². The predicted octanol–water partition coefficient (Wildman–Crippen LogP) is 0.896. The van der Waals surface area contributed by atoms with E-state index in [0.717, 1.165) is 5.56 Å². The van der Waals surface area contributed by atoms with Gasteiger partial charge in [0.05, 0.1) is 13.2 Å². The van der Waals surface area contributed by atoms with Gasteiger partial charge in [0.25, 0.3) is 0 Å². The molecule has 1 unspecified atom stereocenters. The van der Waals surface area contributed by atoms with Crippen molar-refractivity contribution in [2.24, 2.45) is 5.73 Å². The highest BCUT2D eigenvalue weighted by molar-refractivity contribution is 7.09. The van der Waals surface area contributed by atoms with Crippen LogP contribution in [0.1, 0.15) is 0 Å². The zero-order chi connectivity index (χ0) is 13.9. The maximum absolute atomic E-state index is 11.5. The van der Waals surface area contributed by atoms with E-state index in [9.17, 15) is 4.79 Å². The molecule has 1 aromatic heterocycles. The number of nitrogens with zero attached hydrogens (tertiary/aromatic N) is 3. The number of ether oxygens (including phenoxy) is 1. The third-order valence-corrected chi connectivity index (χ3v) is 3.90. The fraction of sp³-hybridized carbons (Fsp3) is 0.308. The van der Waals surface area contributed by atoms with Crippen LogP contribution in [0.3, 0.4) is 0 Å². The number of nitrogens with two attached hydrogens (primary N) is 1. The number of aromatic nitrogens is 2. The van der Waals surface area contributed by atoms with Crippen LogP contribution in [-0.4, -0.2) is 41.1 Å². The first kappa shape index (κ1) is 13.0. The summed E-state index contributed by atoms with van der Waals surface area (Å²) in [6.07, 6.45) is 0. The maximum atomic E-state index is 11.5. The number of rotatable bonds is 3. The lowest BCUT2D eigenvalue weighted by Crippen LogP contribution is -2.52. The molecule has 1 aliphatic rings. The number of primary amides is 1. The van der Waals surface area contributed by atoms with Gasteiger partial charge < -0.3 is 15.4 Å². The topological polar surface area (TPSA) is 81.3 Å². The third kappa shape index (κ3) is 2.50. The van der Waals surface area contributed by atoms with E-state index in [1.165, 1.54) is 11.5 Å². The molecule has 7 heteroatoms. The Morgan fingerprint density at radius 2 is 2.20 bits per heavy atom. The van der Waals surface area contributed by atoms with Crippen molar-refractivity contribution in [3.05, 3.63) is 30.3 Å². The molecule has 2 N–H and O–H groups in total. The first-order valence-corrected chi connectivity index (χ1v) is 7.06. The van der Waals surface area contributed by atoms with Gasteiger partial charge >= 0.3 is 0 Å². The van der Waals surface area contributed by atoms with E-state index in [-0.39, 0.29) is 0 Å². The van der Waals surface area contributed by atoms with Gasteiger partial charge in [-0.1, -0.05) is 30.3 Å². The Kier molecular flexibility index (Phi) is 3.62. The normalized spacial score (nSPS) is 19.0. The van der Waals surface area contributed by atoms with E-state index in [1.807, 2.05) is 35.2 Å². The summed E-state index contributed by atoms with van der Waals surface area (Å²) in [5.74, 6) is 0.265. The lowest BCUT2D eigenvalue weighted by Gasteiger charge is -2.32. The number of morpholine rings is 1. The van der Waals surface area contributed by atoms with E-state index >= 15 is 0 Å². The molecule has 104 valence electrons. The molecule has 1 atom stereocenters. The van der Waals surface area contributed by atoms with E-state index in [4.69, 9.17) is 10.5 Å². The summed E-state index contributed by atoms with van der Waals surface area (Å²) in [5, 5.41) is 0.705. The molecule has 1 aliphatic heterocycles. The van der Waals surface area contributed by atoms with Crippen molar-refractivity contribution in [3.63, 3.8) is 0 Å². The van der Waals surface area contributed by atoms with Crippen LogP contribution in [0.25, 0.3) is 11.4 Å². The van der Waals surface area contributed by atoms with Gasteiger partial charge in [-0.25, -0.2) is 0 Å². The number of benzene rings is 1.